The van der Waals surface area contributed by atoms with Crippen LogP contribution in [0.3, 0.4) is 0 Å². The van der Waals surface area contributed by atoms with Gasteiger partial charge in [-0.15, -0.1) is 0 Å². The third kappa shape index (κ3) is 4.59. The number of hydrogen-bond acceptors (Lipinski definition) is 4. The molecule has 30 heavy (non-hydrogen) atoms. The Kier molecular flexibility index (Phi) is 5.69. The van der Waals surface area contributed by atoms with E-state index < -0.39 is 5.25 Å². The first-order chi connectivity index (χ1) is 14.3. The summed E-state index contributed by atoms with van der Waals surface area (Å²) in [5, 5.41) is 3.26. The quantitative estimate of drug-likeness (QED) is 0.735. The van der Waals surface area contributed by atoms with E-state index in [9.17, 15) is 9.59 Å². The molecule has 5 nitrogen and oxygen atoms in total. The molecule has 1 heterocycles. The molecule has 1 atom stereocenters. The summed E-state index contributed by atoms with van der Waals surface area (Å²) in [5.74, 6) is -0.139. The smallest absolute Gasteiger partial charge is 0.242 e. The van der Waals surface area contributed by atoms with Gasteiger partial charge >= 0.3 is 0 Å². The number of rotatable bonds is 5. The van der Waals surface area contributed by atoms with Gasteiger partial charge in [0.2, 0.25) is 11.8 Å². The van der Waals surface area contributed by atoms with Crippen LogP contribution in [-0.2, 0) is 9.59 Å². The lowest BCUT2D eigenvalue weighted by Gasteiger charge is -2.15. The first-order valence-electron chi connectivity index (χ1n) is 10.3. The Morgan fingerprint density at radius 3 is 2.43 bits per heavy atom. The number of carbonyl (C=O) groups is 2. The molecule has 0 radical (unpaired) electrons. The number of thioether (sulfide) groups is 1. The first kappa shape index (κ1) is 20.7. The molecule has 2 aliphatic rings. The minimum Gasteiger partial charge on any atom is -0.326 e. The predicted molar refractivity (Wildman–Crippen MR) is 123 cm³/mol. The van der Waals surface area contributed by atoms with Gasteiger partial charge in [-0.2, -0.15) is 0 Å². The third-order valence-corrected chi connectivity index (χ3v) is 6.50. The summed E-state index contributed by atoms with van der Waals surface area (Å²) in [5.41, 5.74) is 6.05. The molecule has 1 aliphatic carbocycles. The maximum absolute atomic E-state index is 13.1. The van der Waals surface area contributed by atoms with Crippen LogP contribution in [0.2, 0.25) is 0 Å². The molecule has 0 spiro atoms. The Hall–Kier alpha value is -2.60. The predicted octanol–water partition coefficient (Wildman–Crippen LogP) is 5.04. The van der Waals surface area contributed by atoms with Gasteiger partial charge in [-0.1, -0.05) is 30.0 Å². The highest BCUT2D eigenvalue weighted by atomic mass is 32.2. The van der Waals surface area contributed by atoms with Gasteiger partial charge in [-0.3, -0.25) is 14.5 Å². The highest BCUT2D eigenvalue weighted by Crippen LogP contribution is 2.39. The minimum atomic E-state index is -0.430. The lowest BCUT2D eigenvalue weighted by molar-refractivity contribution is -0.128. The Balaban J connectivity index is 1.52. The van der Waals surface area contributed by atoms with Gasteiger partial charge in [0, 0.05) is 18.2 Å². The first-order valence-corrected chi connectivity index (χ1v) is 11.2. The number of amides is 2. The molecule has 6 heteroatoms. The fourth-order valence-corrected chi connectivity index (χ4v) is 4.94. The molecule has 4 rings (SSSR count). The molecule has 2 aromatic carbocycles. The monoisotopic (exact) mass is 421 g/mol. The molecular weight excluding hydrogens is 394 g/mol. The summed E-state index contributed by atoms with van der Waals surface area (Å²) in [4.78, 5) is 32.4. The van der Waals surface area contributed by atoms with Gasteiger partial charge in [0.25, 0.3) is 0 Å². The number of carbonyl (C=O) groups excluding carboxylic acids is 2. The van der Waals surface area contributed by atoms with Crippen LogP contribution in [0.4, 0.5) is 11.4 Å². The molecule has 1 saturated carbocycles. The second-order valence-electron chi connectivity index (χ2n) is 8.36. The van der Waals surface area contributed by atoms with Gasteiger partial charge in [0.1, 0.15) is 5.25 Å². The van der Waals surface area contributed by atoms with Crippen molar-refractivity contribution in [2.24, 2.45) is 4.99 Å². The molecule has 156 valence electrons. The van der Waals surface area contributed by atoms with E-state index in [2.05, 4.69) is 11.4 Å². The molecule has 2 amide bonds. The van der Waals surface area contributed by atoms with Crippen LogP contribution in [0.15, 0.2) is 41.4 Å². The summed E-state index contributed by atoms with van der Waals surface area (Å²) in [6, 6.07) is 12.3. The largest absolute Gasteiger partial charge is 0.326 e. The average Bonchev–Trinajstić information content (AvgIpc) is 3.44. The Labute approximate surface area is 182 Å². The van der Waals surface area contributed by atoms with Crippen LogP contribution in [0.5, 0.6) is 0 Å². The van der Waals surface area contributed by atoms with E-state index in [1.54, 1.807) is 0 Å². The number of hydrogen-bond donors (Lipinski definition) is 1. The molecular formula is C24H27N3O2S. The highest BCUT2D eigenvalue weighted by molar-refractivity contribution is 8.15. The zero-order chi connectivity index (χ0) is 21.4. The van der Waals surface area contributed by atoms with Crippen molar-refractivity contribution in [1.29, 1.82) is 0 Å². The van der Waals surface area contributed by atoms with E-state index in [-0.39, 0.29) is 24.3 Å². The summed E-state index contributed by atoms with van der Waals surface area (Å²) in [6.07, 6.45) is 2.14. The normalized spacial score (nSPS) is 20.1. The van der Waals surface area contributed by atoms with Crippen LogP contribution in [0.25, 0.3) is 0 Å². The van der Waals surface area contributed by atoms with Gasteiger partial charge < -0.3 is 5.32 Å². The van der Waals surface area contributed by atoms with Crippen molar-refractivity contribution in [1.82, 2.24) is 4.90 Å². The van der Waals surface area contributed by atoms with Gasteiger partial charge in [0.05, 0.1) is 5.69 Å². The number of anilines is 1. The zero-order valence-corrected chi connectivity index (χ0v) is 18.7. The number of aliphatic imine (C=N–C) groups is 1. The molecule has 1 aliphatic heterocycles. The van der Waals surface area contributed by atoms with Crippen LogP contribution in [-0.4, -0.2) is 33.2 Å². The van der Waals surface area contributed by atoms with Gasteiger partial charge in [0.15, 0.2) is 5.17 Å². The molecule has 2 aromatic rings. The topological polar surface area (TPSA) is 61.8 Å². The van der Waals surface area contributed by atoms with Crippen molar-refractivity contribution in [3.63, 3.8) is 0 Å². The molecule has 1 N–H and O–H groups in total. The Bertz CT molecular complexity index is 1020. The maximum atomic E-state index is 13.1. The van der Waals surface area contributed by atoms with Crippen molar-refractivity contribution < 1.29 is 9.59 Å². The highest BCUT2D eigenvalue weighted by Gasteiger charge is 2.46. The second kappa shape index (κ2) is 8.26. The van der Waals surface area contributed by atoms with Crippen molar-refractivity contribution >= 4 is 40.1 Å². The lowest BCUT2D eigenvalue weighted by atomic mass is 10.1. The van der Waals surface area contributed by atoms with E-state index in [4.69, 9.17) is 4.99 Å². The fourth-order valence-electron chi connectivity index (χ4n) is 3.73. The Morgan fingerprint density at radius 1 is 1.07 bits per heavy atom. The maximum Gasteiger partial charge on any atom is 0.242 e. The van der Waals surface area contributed by atoms with Crippen LogP contribution >= 0.6 is 11.8 Å². The third-order valence-electron chi connectivity index (χ3n) is 5.35. The average molecular weight is 422 g/mol. The van der Waals surface area contributed by atoms with Gasteiger partial charge in [-0.05, 0) is 81.0 Å². The number of nitrogens with zero attached hydrogens (tertiary/aromatic N) is 2. The van der Waals surface area contributed by atoms with Crippen LogP contribution in [0.1, 0.15) is 41.5 Å². The number of nitrogens with one attached hydrogen (secondary N) is 1. The van der Waals surface area contributed by atoms with E-state index in [1.165, 1.54) is 11.8 Å². The molecule has 1 unspecified atom stereocenters. The summed E-state index contributed by atoms with van der Waals surface area (Å²) < 4.78 is 0. The second-order valence-corrected chi connectivity index (χ2v) is 9.53. The van der Waals surface area contributed by atoms with Crippen molar-refractivity contribution in [3.05, 3.63) is 58.7 Å². The number of amidine groups is 1. The van der Waals surface area contributed by atoms with Gasteiger partial charge in [-0.25, -0.2) is 4.99 Å². The fraction of sp³-hybridized carbons (Fsp3) is 0.375. The number of aryl methyl sites for hydroxylation is 4. The van der Waals surface area contributed by atoms with Crippen molar-refractivity contribution in [2.75, 3.05) is 5.32 Å². The summed E-state index contributed by atoms with van der Waals surface area (Å²) in [6.45, 7) is 8.05. The standard InChI is InChI=1S/C24H27N3O2S/c1-14-5-6-17(4)20(12-14)26-22(28)13-21-23(29)27(19-7-8-19)24(30-21)25-18-10-15(2)9-16(3)11-18/h5-6,9-12,19,21H,7-8,13H2,1-4H3,(H,26,28). The molecule has 2 fully saturated rings. The zero-order valence-electron chi connectivity index (χ0n) is 17.9. The molecule has 1 saturated heterocycles. The lowest BCUT2D eigenvalue weighted by Crippen LogP contribution is -2.35. The molecule has 0 aromatic heterocycles. The van der Waals surface area contributed by atoms with E-state index >= 15 is 0 Å². The van der Waals surface area contributed by atoms with Crippen molar-refractivity contribution in [3.8, 4) is 0 Å². The van der Waals surface area contributed by atoms with Crippen LogP contribution < -0.4 is 5.32 Å². The summed E-state index contributed by atoms with van der Waals surface area (Å²) >= 11 is 1.41. The Morgan fingerprint density at radius 2 is 1.77 bits per heavy atom. The van der Waals surface area contributed by atoms with Crippen LogP contribution in [0, 0.1) is 27.7 Å². The van der Waals surface area contributed by atoms with E-state index in [0.29, 0.717) is 0 Å². The summed E-state index contributed by atoms with van der Waals surface area (Å²) in [7, 11) is 0. The van der Waals surface area contributed by atoms with E-state index in [1.807, 2.05) is 62.9 Å². The van der Waals surface area contributed by atoms with E-state index in [0.717, 1.165) is 51.6 Å². The minimum absolute atomic E-state index is 0.00161. The number of benzene rings is 2. The van der Waals surface area contributed by atoms with Crippen molar-refractivity contribution in [2.45, 2.75) is 58.2 Å². The molecule has 0 bridgehead atoms. The SMILES string of the molecule is Cc1cc(C)cc(N=C2SC(CC(=O)Nc3cc(C)ccc3C)C(=O)N2C2CC2)c1.